The maximum atomic E-state index is 12.6. The normalized spacial score (nSPS) is 10.0. The van der Waals surface area contributed by atoms with Crippen LogP contribution < -0.4 is 5.56 Å². The number of aliphatic hydroxyl groups excluding tert-OH is 2. The molecule has 0 spiro atoms. The maximum absolute atomic E-state index is 12.6. The van der Waals surface area contributed by atoms with E-state index < -0.39 is 22.4 Å². The van der Waals surface area contributed by atoms with Gasteiger partial charge < -0.3 is 20.3 Å². The van der Waals surface area contributed by atoms with E-state index in [9.17, 15) is 13.6 Å². The van der Waals surface area contributed by atoms with Crippen LogP contribution in [0, 0.1) is 0 Å². The van der Waals surface area contributed by atoms with Crippen molar-refractivity contribution in [3.05, 3.63) is 55.9 Å². The van der Waals surface area contributed by atoms with Crippen LogP contribution in [0.4, 0.5) is 8.78 Å². The molecule has 0 saturated carbocycles. The van der Waals surface area contributed by atoms with Crippen LogP contribution in [0.15, 0.2) is 34.0 Å². The minimum Gasteiger partial charge on any atom is -0.502 e. The number of aromatic nitrogens is 1. The minimum atomic E-state index is -3.64. The zero-order valence-electron chi connectivity index (χ0n) is 14.7. The summed E-state index contributed by atoms with van der Waals surface area (Å²) in [6.07, 6.45) is 1.55. The van der Waals surface area contributed by atoms with E-state index in [2.05, 4.69) is 0 Å². The van der Waals surface area contributed by atoms with Crippen LogP contribution >= 0.6 is 46.6 Å². The van der Waals surface area contributed by atoms with Crippen LogP contribution in [0.2, 0.25) is 10.0 Å². The number of hydrogen-bond acceptors (Lipinski definition) is 5. The van der Waals surface area contributed by atoms with E-state index in [-0.39, 0.29) is 39.2 Å². The quantitative estimate of drug-likeness (QED) is 0.289. The van der Waals surface area contributed by atoms with Crippen LogP contribution in [-0.4, -0.2) is 33.2 Å². The van der Waals surface area contributed by atoms with Crippen LogP contribution in [0.3, 0.4) is 0 Å². The number of halogens is 5. The van der Waals surface area contributed by atoms with Crippen molar-refractivity contribution >= 4 is 46.6 Å². The monoisotopic (exact) mass is 647 g/mol. The van der Waals surface area contributed by atoms with E-state index in [1.807, 2.05) is 0 Å². The fraction of sp³-hybridized carbons (Fsp3) is 0.312. The Hall–Kier alpha value is -0.342. The van der Waals surface area contributed by atoms with E-state index in [0.29, 0.717) is 15.6 Å². The van der Waals surface area contributed by atoms with Crippen molar-refractivity contribution in [1.82, 2.24) is 4.98 Å². The van der Waals surface area contributed by atoms with E-state index >= 15 is 0 Å². The van der Waals surface area contributed by atoms with Crippen molar-refractivity contribution in [2.75, 3.05) is 12.9 Å². The number of aliphatic hydroxyl groups is 2. The van der Waals surface area contributed by atoms with Gasteiger partial charge in [-0.05, 0) is 48.5 Å². The summed E-state index contributed by atoms with van der Waals surface area (Å²) in [5, 5.41) is 22.8. The van der Waals surface area contributed by atoms with Crippen LogP contribution in [0.25, 0.3) is 0 Å². The summed E-state index contributed by atoms with van der Waals surface area (Å²) >= 11 is 17.0. The molecule has 1 aromatic carbocycles. The van der Waals surface area contributed by atoms with Gasteiger partial charge in [-0.1, -0.05) is 29.3 Å². The molecule has 158 valence electrons. The van der Waals surface area contributed by atoms with Crippen molar-refractivity contribution in [3.63, 3.8) is 0 Å². The van der Waals surface area contributed by atoms with Gasteiger partial charge in [0.1, 0.15) is 5.69 Å². The van der Waals surface area contributed by atoms with Crippen LogP contribution in [0.5, 0.6) is 5.75 Å². The fourth-order valence-electron chi connectivity index (χ4n) is 1.49. The predicted molar refractivity (Wildman–Crippen MR) is 105 cm³/mol. The van der Waals surface area contributed by atoms with Gasteiger partial charge in [0.25, 0.3) is 5.56 Å². The molecule has 2 rings (SSSR count). The molecule has 0 radical (unpaired) electrons. The second kappa shape index (κ2) is 14.6. The Bertz CT molecular complexity index is 791. The van der Waals surface area contributed by atoms with Crippen molar-refractivity contribution < 1.29 is 45.2 Å². The molecule has 0 amide bonds. The number of alkyl halides is 3. The van der Waals surface area contributed by atoms with Crippen molar-refractivity contribution in [2.24, 2.45) is 0 Å². The summed E-state index contributed by atoms with van der Waals surface area (Å²) in [5.41, 5.74) is -1.01. The largest absolute Gasteiger partial charge is 0.502 e. The van der Waals surface area contributed by atoms with Gasteiger partial charge in [0.15, 0.2) is 5.75 Å². The standard InChI is InChI=1S/C7H6Cl2O.C7H6ClF2NO2S.C2H6O.W/c8-6-2-1-5(4-10)7(9)3-6;1-14-3-2-4(7(8,9)10)11-6(13)5(3)12;1-2-3;/h1-3,10H,4H2;2,12H,1H3,(H,11,13);3H,2H2,1H3;. The number of benzene rings is 1. The molecular formula is C16H18Cl3F2NO4SW. The molecule has 1 heterocycles. The summed E-state index contributed by atoms with van der Waals surface area (Å²) in [4.78, 5) is 12.8. The van der Waals surface area contributed by atoms with Crippen molar-refractivity contribution in [2.45, 2.75) is 23.8 Å². The Morgan fingerprint density at radius 3 is 2.14 bits per heavy atom. The molecule has 4 N–H and O–H groups in total. The smallest absolute Gasteiger partial charge is 0.362 e. The third kappa shape index (κ3) is 10.4. The maximum Gasteiger partial charge on any atom is 0.362 e. The molecule has 0 unspecified atom stereocenters. The number of pyridine rings is 1. The summed E-state index contributed by atoms with van der Waals surface area (Å²) in [7, 11) is 0. The number of H-pyrrole nitrogens is 1. The van der Waals surface area contributed by atoms with Crippen LogP contribution in [0.1, 0.15) is 18.2 Å². The molecule has 28 heavy (non-hydrogen) atoms. The Morgan fingerprint density at radius 1 is 1.21 bits per heavy atom. The number of aromatic hydroxyl groups is 1. The number of nitrogens with one attached hydrogen (secondary N) is 1. The Labute approximate surface area is 194 Å². The SMILES string of the molecule is CCO.CSc1cc(C(F)(F)Cl)[nH]c(=O)c1O.OCc1ccc(Cl)cc1Cl.[W]. The molecule has 0 atom stereocenters. The molecule has 12 heteroatoms. The average molecular weight is 649 g/mol. The van der Waals surface area contributed by atoms with E-state index in [1.54, 1.807) is 36.4 Å². The van der Waals surface area contributed by atoms with Gasteiger partial charge >= 0.3 is 5.38 Å². The average Bonchev–Trinajstić information content (AvgIpc) is 2.57. The number of rotatable bonds is 3. The van der Waals surface area contributed by atoms with Gasteiger partial charge in [-0.25, -0.2) is 0 Å². The first kappa shape index (κ1) is 29.9. The molecule has 0 bridgehead atoms. The molecular weight excluding hydrogens is 630 g/mol. The topological polar surface area (TPSA) is 93.5 Å². The molecule has 1 aromatic heterocycles. The van der Waals surface area contributed by atoms with Crippen molar-refractivity contribution in [3.8, 4) is 5.75 Å². The zero-order valence-corrected chi connectivity index (χ0v) is 20.7. The first-order valence-electron chi connectivity index (χ1n) is 7.24. The Morgan fingerprint density at radius 2 is 1.75 bits per heavy atom. The minimum absolute atomic E-state index is 0. The summed E-state index contributed by atoms with van der Waals surface area (Å²) in [5.74, 6) is -0.581. The second-order valence-electron chi connectivity index (χ2n) is 4.64. The molecule has 0 fully saturated rings. The molecule has 0 aliphatic carbocycles. The molecule has 0 aliphatic rings. The second-order valence-corrected chi connectivity index (χ2v) is 6.80. The molecule has 0 aliphatic heterocycles. The molecule has 5 nitrogen and oxygen atoms in total. The van der Waals surface area contributed by atoms with E-state index in [0.717, 1.165) is 17.8 Å². The predicted octanol–water partition coefficient (Wildman–Crippen LogP) is 4.57. The Kier molecular flexibility index (Phi) is 15.6. The fourth-order valence-corrected chi connectivity index (χ4v) is 2.58. The van der Waals surface area contributed by atoms with Gasteiger partial charge in [-0.15, -0.1) is 11.8 Å². The molecule has 0 saturated heterocycles. The zero-order chi connectivity index (χ0) is 21.2. The van der Waals surface area contributed by atoms with E-state index in [1.165, 1.54) is 0 Å². The van der Waals surface area contributed by atoms with Gasteiger partial charge in [0.2, 0.25) is 0 Å². The van der Waals surface area contributed by atoms with Gasteiger partial charge in [0.05, 0.1) is 11.5 Å². The molecule has 2 aromatic rings. The summed E-state index contributed by atoms with van der Waals surface area (Å²) in [6.45, 7) is 1.88. The summed E-state index contributed by atoms with van der Waals surface area (Å²) < 4.78 is 25.2. The van der Waals surface area contributed by atoms with Gasteiger partial charge in [-0.2, -0.15) is 8.78 Å². The number of hydrogen-bond donors (Lipinski definition) is 4. The summed E-state index contributed by atoms with van der Waals surface area (Å²) in [6, 6.07) is 5.94. The third-order valence-corrected chi connectivity index (χ3v) is 4.22. The number of thioether (sulfide) groups is 1. The van der Waals surface area contributed by atoms with E-state index in [4.69, 9.17) is 50.1 Å². The van der Waals surface area contributed by atoms with Crippen molar-refractivity contribution in [1.29, 1.82) is 0 Å². The first-order valence-corrected chi connectivity index (χ1v) is 9.60. The first-order chi connectivity index (χ1) is 12.5. The van der Waals surface area contributed by atoms with Gasteiger partial charge in [0, 0.05) is 37.7 Å². The third-order valence-electron chi connectivity index (χ3n) is 2.68. The number of aromatic amines is 1. The van der Waals surface area contributed by atoms with Crippen LogP contribution in [-0.2, 0) is 33.1 Å². The van der Waals surface area contributed by atoms with Gasteiger partial charge in [-0.3, -0.25) is 4.79 Å². The Balaban J connectivity index is 0.